The van der Waals surface area contributed by atoms with Gasteiger partial charge in [-0.1, -0.05) is 13.8 Å². The Balaban J connectivity index is 2.71. The molecule has 2 amide bonds. The van der Waals surface area contributed by atoms with E-state index in [9.17, 15) is 14.7 Å². The van der Waals surface area contributed by atoms with Crippen LogP contribution in [0.1, 0.15) is 20.3 Å². The van der Waals surface area contributed by atoms with Crippen molar-refractivity contribution < 1.29 is 14.7 Å². The number of hydrogen-bond donors (Lipinski definition) is 2. The average molecular weight is 200 g/mol. The molecule has 1 rings (SSSR count). The molecule has 1 heterocycles. The Morgan fingerprint density at radius 2 is 2.14 bits per heavy atom. The van der Waals surface area contributed by atoms with Crippen LogP contribution < -0.4 is 5.73 Å². The summed E-state index contributed by atoms with van der Waals surface area (Å²) < 4.78 is 0. The standard InChI is InChI=1S/C9H16N2O3/c1-9(2)3-7(13)11(8(9)14)5-6(12)4-10/h6,12H,3-5,10H2,1-2H3/t6-/m1/s1. The monoisotopic (exact) mass is 200 g/mol. The molecule has 80 valence electrons. The average Bonchev–Trinajstić information content (AvgIpc) is 2.28. The zero-order chi connectivity index (χ0) is 10.9. The normalized spacial score (nSPS) is 23.0. The van der Waals surface area contributed by atoms with E-state index in [1.54, 1.807) is 13.8 Å². The van der Waals surface area contributed by atoms with E-state index >= 15 is 0 Å². The largest absolute Gasteiger partial charge is 0.390 e. The van der Waals surface area contributed by atoms with E-state index in [1.165, 1.54) is 0 Å². The van der Waals surface area contributed by atoms with Crippen molar-refractivity contribution >= 4 is 11.8 Å². The number of rotatable bonds is 3. The van der Waals surface area contributed by atoms with Crippen molar-refractivity contribution in [1.29, 1.82) is 0 Å². The van der Waals surface area contributed by atoms with Crippen LogP contribution in [-0.4, -0.2) is 41.0 Å². The van der Waals surface area contributed by atoms with Gasteiger partial charge in [-0.05, 0) is 0 Å². The third-order valence-corrected chi connectivity index (χ3v) is 2.38. The molecule has 0 aromatic rings. The fourth-order valence-corrected chi connectivity index (χ4v) is 1.50. The maximum atomic E-state index is 11.6. The first-order valence-corrected chi connectivity index (χ1v) is 4.61. The summed E-state index contributed by atoms with van der Waals surface area (Å²) in [6.45, 7) is 3.51. The highest BCUT2D eigenvalue weighted by atomic mass is 16.3. The van der Waals surface area contributed by atoms with E-state index in [2.05, 4.69) is 0 Å². The highest BCUT2D eigenvalue weighted by Crippen LogP contribution is 2.31. The van der Waals surface area contributed by atoms with Crippen molar-refractivity contribution in [2.75, 3.05) is 13.1 Å². The van der Waals surface area contributed by atoms with Crippen LogP contribution in [0.15, 0.2) is 0 Å². The fraction of sp³-hybridized carbons (Fsp3) is 0.778. The Kier molecular flexibility index (Phi) is 2.92. The Labute approximate surface area is 82.9 Å². The van der Waals surface area contributed by atoms with E-state index in [1.807, 2.05) is 0 Å². The second kappa shape index (κ2) is 3.67. The van der Waals surface area contributed by atoms with Gasteiger partial charge in [-0.2, -0.15) is 0 Å². The van der Waals surface area contributed by atoms with E-state index in [4.69, 9.17) is 5.73 Å². The molecule has 3 N–H and O–H groups in total. The van der Waals surface area contributed by atoms with E-state index < -0.39 is 11.5 Å². The Morgan fingerprint density at radius 3 is 2.50 bits per heavy atom. The van der Waals surface area contributed by atoms with E-state index in [0.29, 0.717) is 0 Å². The van der Waals surface area contributed by atoms with Gasteiger partial charge in [0.1, 0.15) is 0 Å². The molecule has 0 aromatic carbocycles. The van der Waals surface area contributed by atoms with Gasteiger partial charge < -0.3 is 10.8 Å². The van der Waals surface area contributed by atoms with E-state index in [0.717, 1.165) is 4.90 Å². The first kappa shape index (κ1) is 11.1. The van der Waals surface area contributed by atoms with Gasteiger partial charge in [0.05, 0.1) is 18.1 Å². The van der Waals surface area contributed by atoms with Gasteiger partial charge in [0.15, 0.2) is 0 Å². The van der Waals surface area contributed by atoms with E-state index in [-0.39, 0.29) is 31.3 Å². The number of aliphatic hydroxyl groups is 1. The summed E-state index contributed by atoms with van der Waals surface area (Å²) in [6, 6.07) is 0. The van der Waals surface area contributed by atoms with Crippen molar-refractivity contribution in [2.45, 2.75) is 26.4 Å². The maximum Gasteiger partial charge on any atom is 0.235 e. The lowest BCUT2D eigenvalue weighted by atomic mass is 9.92. The molecule has 0 aromatic heterocycles. The highest BCUT2D eigenvalue weighted by molar-refractivity contribution is 6.05. The summed E-state index contributed by atoms with van der Waals surface area (Å²) in [5.41, 5.74) is 4.58. The SMILES string of the molecule is CC1(C)CC(=O)N(C[C@H](O)CN)C1=O. The molecular weight excluding hydrogens is 184 g/mol. The Bertz CT molecular complexity index is 263. The molecule has 1 aliphatic heterocycles. The van der Waals surface area contributed by atoms with Crippen LogP contribution in [0.5, 0.6) is 0 Å². The zero-order valence-corrected chi connectivity index (χ0v) is 8.49. The first-order valence-electron chi connectivity index (χ1n) is 4.61. The summed E-state index contributed by atoms with van der Waals surface area (Å²) in [5.74, 6) is -0.456. The van der Waals surface area contributed by atoms with Gasteiger partial charge in [0.2, 0.25) is 11.8 Å². The van der Waals surface area contributed by atoms with Gasteiger partial charge in [0, 0.05) is 13.0 Å². The molecule has 14 heavy (non-hydrogen) atoms. The minimum atomic E-state index is -0.822. The highest BCUT2D eigenvalue weighted by Gasteiger charge is 2.44. The lowest BCUT2D eigenvalue weighted by Gasteiger charge is -2.19. The molecule has 0 bridgehead atoms. The Hall–Kier alpha value is -0.940. The topological polar surface area (TPSA) is 83.6 Å². The number of carbonyl (C=O) groups excluding carboxylic acids is 2. The predicted molar refractivity (Wildman–Crippen MR) is 50.2 cm³/mol. The van der Waals surface area contributed by atoms with Crippen LogP contribution in [-0.2, 0) is 9.59 Å². The summed E-state index contributed by atoms with van der Waals surface area (Å²) in [4.78, 5) is 24.1. The van der Waals surface area contributed by atoms with Gasteiger partial charge in [-0.25, -0.2) is 0 Å². The third kappa shape index (κ3) is 1.93. The Morgan fingerprint density at radius 1 is 1.57 bits per heavy atom. The second-order valence-electron chi connectivity index (χ2n) is 4.26. The van der Waals surface area contributed by atoms with Crippen LogP contribution in [0.4, 0.5) is 0 Å². The zero-order valence-electron chi connectivity index (χ0n) is 8.49. The molecule has 0 radical (unpaired) electrons. The number of nitrogens with zero attached hydrogens (tertiary/aromatic N) is 1. The van der Waals surface area contributed by atoms with Crippen molar-refractivity contribution in [1.82, 2.24) is 4.90 Å². The van der Waals surface area contributed by atoms with Crippen molar-refractivity contribution in [3.05, 3.63) is 0 Å². The summed E-state index contributed by atoms with van der Waals surface area (Å²) in [7, 11) is 0. The number of carbonyl (C=O) groups is 2. The number of amides is 2. The predicted octanol–water partition coefficient (Wildman–Crippen LogP) is -0.909. The number of nitrogens with two attached hydrogens (primary N) is 1. The quantitative estimate of drug-likeness (QED) is 0.578. The summed E-state index contributed by atoms with van der Waals surface area (Å²) >= 11 is 0. The van der Waals surface area contributed by atoms with Crippen molar-refractivity contribution in [3.8, 4) is 0 Å². The smallest absolute Gasteiger partial charge is 0.235 e. The molecule has 1 saturated heterocycles. The molecule has 1 aliphatic rings. The number of β-amino-alcohol motifs (C(OH)–C–C–N with tert-alkyl or cyclic N) is 1. The minimum Gasteiger partial charge on any atom is -0.390 e. The number of imide groups is 1. The molecule has 0 spiro atoms. The minimum absolute atomic E-state index is 0.0115. The molecule has 0 unspecified atom stereocenters. The molecule has 1 fully saturated rings. The molecule has 5 heteroatoms. The molecule has 1 atom stereocenters. The fourth-order valence-electron chi connectivity index (χ4n) is 1.50. The van der Waals surface area contributed by atoms with Gasteiger partial charge in [-0.15, -0.1) is 0 Å². The number of likely N-dealkylation sites (tertiary alicyclic amines) is 1. The van der Waals surface area contributed by atoms with Crippen LogP contribution in [0, 0.1) is 5.41 Å². The van der Waals surface area contributed by atoms with Gasteiger partial charge in [-0.3, -0.25) is 14.5 Å². The van der Waals surface area contributed by atoms with Crippen molar-refractivity contribution in [2.24, 2.45) is 11.1 Å². The maximum absolute atomic E-state index is 11.6. The van der Waals surface area contributed by atoms with Crippen LogP contribution in [0.25, 0.3) is 0 Å². The van der Waals surface area contributed by atoms with Gasteiger partial charge in [0.25, 0.3) is 0 Å². The van der Waals surface area contributed by atoms with Crippen LogP contribution in [0.2, 0.25) is 0 Å². The molecular formula is C9H16N2O3. The van der Waals surface area contributed by atoms with Gasteiger partial charge >= 0.3 is 0 Å². The summed E-state index contributed by atoms with van der Waals surface area (Å²) in [5, 5.41) is 9.25. The lowest BCUT2D eigenvalue weighted by Crippen LogP contribution is -2.41. The lowest BCUT2D eigenvalue weighted by molar-refractivity contribution is -0.142. The molecule has 0 saturated carbocycles. The van der Waals surface area contributed by atoms with Crippen LogP contribution >= 0.6 is 0 Å². The number of aliphatic hydroxyl groups excluding tert-OH is 1. The third-order valence-electron chi connectivity index (χ3n) is 2.38. The van der Waals surface area contributed by atoms with Crippen LogP contribution in [0.3, 0.4) is 0 Å². The first-order chi connectivity index (χ1) is 6.38. The van der Waals surface area contributed by atoms with Crippen molar-refractivity contribution in [3.63, 3.8) is 0 Å². The number of hydrogen-bond acceptors (Lipinski definition) is 4. The molecule has 5 nitrogen and oxygen atoms in total. The molecule has 0 aliphatic carbocycles. The second-order valence-corrected chi connectivity index (χ2v) is 4.26. The summed E-state index contributed by atoms with van der Waals surface area (Å²) in [6.07, 6.45) is -0.611.